The molecule has 112 valence electrons. The van der Waals surface area contributed by atoms with Crippen molar-refractivity contribution >= 4 is 33.5 Å². The van der Waals surface area contributed by atoms with Gasteiger partial charge in [-0.1, -0.05) is 18.2 Å². The number of benzene rings is 2. The molecule has 3 rings (SSSR count). The van der Waals surface area contributed by atoms with Crippen LogP contribution in [0.2, 0.25) is 0 Å². The third-order valence-electron chi connectivity index (χ3n) is 3.48. The van der Waals surface area contributed by atoms with Gasteiger partial charge in [0.2, 0.25) is 12.3 Å². The summed E-state index contributed by atoms with van der Waals surface area (Å²) in [6.07, 6.45) is 3.93. The molecule has 0 spiro atoms. The molecule has 0 saturated heterocycles. The number of pyridine rings is 1. The van der Waals surface area contributed by atoms with Gasteiger partial charge in [-0.3, -0.25) is 4.79 Å². The Labute approximate surface area is 139 Å². The molecule has 0 N–H and O–H groups in total. The highest BCUT2D eigenvalue weighted by Crippen LogP contribution is 2.12. The van der Waals surface area contributed by atoms with Crippen molar-refractivity contribution in [3.63, 3.8) is 0 Å². The van der Waals surface area contributed by atoms with Crippen LogP contribution in [0.25, 0.3) is 10.8 Å². The van der Waals surface area contributed by atoms with Crippen LogP contribution in [0.1, 0.15) is 10.4 Å². The van der Waals surface area contributed by atoms with Crippen molar-refractivity contribution in [3.8, 4) is 5.75 Å². The average molecular weight is 359 g/mol. The number of Topliss-reactive ketones (excluding diaryl/α,β-unsaturated/α-hetero) is 1. The first-order chi connectivity index (χ1) is 10.3. The zero-order valence-electron chi connectivity index (χ0n) is 12.2. The van der Waals surface area contributed by atoms with Gasteiger partial charge in [0.25, 0.3) is 0 Å². The van der Waals surface area contributed by atoms with Crippen LogP contribution in [0.15, 0.2) is 67.0 Å². The number of methoxy groups -OCH3 is 1. The zero-order valence-corrected chi connectivity index (χ0v) is 13.9. The Morgan fingerprint density at radius 2 is 1.68 bits per heavy atom. The van der Waals surface area contributed by atoms with Crippen molar-refractivity contribution in [3.05, 3.63) is 72.6 Å². The van der Waals surface area contributed by atoms with E-state index in [1.807, 2.05) is 41.2 Å². The molecule has 0 aliphatic rings. The van der Waals surface area contributed by atoms with Gasteiger partial charge >= 0.3 is 0 Å². The maximum atomic E-state index is 12.3. The summed E-state index contributed by atoms with van der Waals surface area (Å²) in [6.45, 7) is 0.331. The molecule has 0 atom stereocenters. The van der Waals surface area contributed by atoms with Crippen LogP contribution in [0.4, 0.5) is 0 Å². The van der Waals surface area contributed by atoms with Gasteiger partial charge in [-0.2, -0.15) is 4.57 Å². The molecule has 22 heavy (non-hydrogen) atoms. The monoisotopic (exact) mass is 358 g/mol. The van der Waals surface area contributed by atoms with E-state index >= 15 is 0 Å². The van der Waals surface area contributed by atoms with E-state index in [4.69, 9.17) is 4.74 Å². The smallest absolute Gasteiger partial charge is 0.227 e. The van der Waals surface area contributed by atoms with Crippen LogP contribution in [0.5, 0.6) is 5.75 Å². The van der Waals surface area contributed by atoms with E-state index in [2.05, 4.69) is 6.07 Å². The minimum atomic E-state index is 0. The van der Waals surface area contributed by atoms with Crippen LogP contribution in [0.3, 0.4) is 0 Å². The van der Waals surface area contributed by atoms with E-state index in [9.17, 15) is 4.79 Å². The third-order valence-corrected chi connectivity index (χ3v) is 3.48. The Morgan fingerprint density at radius 1 is 1.00 bits per heavy atom. The number of rotatable bonds is 4. The first-order valence-electron chi connectivity index (χ1n) is 6.81. The third kappa shape index (κ3) is 3.52. The lowest BCUT2D eigenvalue weighted by atomic mass is 10.1. The standard InChI is InChI=1S/C18H16NO2.BrH/c1-21-17-8-6-15(7-9-17)18(20)13-19-11-10-14-4-2-3-5-16(14)12-19;/h2-12H,13H2,1H3;1H/q+1;. The Balaban J connectivity index is 0.00000176. The molecule has 4 heteroatoms. The molecule has 0 fully saturated rings. The fraction of sp³-hybridized carbons (Fsp3) is 0.111. The van der Waals surface area contributed by atoms with Gasteiger partial charge in [-0.15, -0.1) is 17.0 Å². The molecular weight excluding hydrogens is 342 g/mol. The van der Waals surface area contributed by atoms with Crippen LogP contribution >= 0.6 is 17.0 Å². The van der Waals surface area contributed by atoms with Crippen molar-refractivity contribution in [1.82, 2.24) is 0 Å². The number of nitrogens with zero attached hydrogens (tertiary/aromatic N) is 1. The van der Waals surface area contributed by atoms with E-state index in [0.29, 0.717) is 12.1 Å². The summed E-state index contributed by atoms with van der Waals surface area (Å²) in [5, 5.41) is 2.30. The number of ether oxygens (including phenoxy) is 1. The first kappa shape index (κ1) is 16.2. The van der Waals surface area contributed by atoms with Crippen molar-refractivity contribution in [2.75, 3.05) is 7.11 Å². The second-order valence-corrected chi connectivity index (χ2v) is 4.90. The maximum absolute atomic E-state index is 12.3. The van der Waals surface area contributed by atoms with Gasteiger partial charge in [-0.25, -0.2) is 0 Å². The number of aromatic nitrogens is 1. The predicted molar refractivity (Wildman–Crippen MR) is 91.8 cm³/mol. The van der Waals surface area contributed by atoms with Crippen molar-refractivity contribution in [2.24, 2.45) is 0 Å². The Hall–Kier alpha value is -2.20. The predicted octanol–water partition coefficient (Wildman–Crippen LogP) is 3.60. The first-order valence-corrected chi connectivity index (χ1v) is 6.81. The van der Waals surface area contributed by atoms with E-state index in [-0.39, 0.29) is 22.8 Å². The van der Waals surface area contributed by atoms with E-state index in [1.165, 1.54) is 5.39 Å². The molecule has 1 aromatic heterocycles. The summed E-state index contributed by atoms with van der Waals surface area (Å²) in [5.74, 6) is 0.836. The summed E-state index contributed by atoms with van der Waals surface area (Å²) < 4.78 is 7.01. The summed E-state index contributed by atoms with van der Waals surface area (Å²) in [5.41, 5.74) is 0.691. The minimum Gasteiger partial charge on any atom is -0.497 e. The molecular formula is C18H17BrNO2+. The van der Waals surface area contributed by atoms with Gasteiger partial charge in [-0.05, 0) is 35.7 Å². The van der Waals surface area contributed by atoms with Gasteiger partial charge in [0.1, 0.15) is 5.75 Å². The molecule has 0 aliphatic heterocycles. The molecule has 3 aromatic rings. The highest BCUT2D eigenvalue weighted by atomic mass is 79.9. The normalized spacial score (nSPS) is 10.0. The molecule has 3 nitrogen and oxygen atoms in total. The van der Waals surface area contributed by atoms with Gasteiger partial charge in [0.05, 0.1) is 7.11 Å². The lowest BCUT2D eigenvalue weighted by Gasteiger charge is -2.02. The van der Waals surface area contributed by atoms with Gasteiger partial charge in [0, 0.05) is 17.0 Å². The van der Waals surface area contributed by atoms with Gasteiger partial charge in [0.15, 0.2) is 12.4 Å². The molecule has 0 bridgehead atoms. The average Bonchev–Trinajstić information content (AvgIpc) is 2.55. The summed E-state index contributed by atoms with van der Waals surface area (Å²) >= 11 is 0. The summed E-state index contributed by atoms with van der Waals surface area (Å²) in [6, 6.07) is 17.3. The van der Waals surface area contributed by atoms with Crippen molar-refractivity contribution in [2.45, 2.75) is 6.54 Å². The number of fused-ring (bicyclic) bond motifs is 1. The van der Waals surface area contributed by atoms with Crippen LogP contribution in [0, 0.1) is 0 Å². The van der Waals surface area contributed by atoms with Crippen LogP contribution < -0.4 is 9.30 Å². The molecule has 1 heterocycles. The number of carbonyl (C=O) groups is 1. The SMILES string of the molecule is Br.COc1ccc(C(=O)C[n+]2ccc3ccccc3c2)cc1. The molecule has 0 saturated carbocycles. The summed E-state index contributed by atoms with van der Waals surface area (Å²) in [7, 11) is 1.61. The quantitative estimate of drug-likeness (QED) is 0.526. The van der Waals surface area contributed by atoms with E-state index in [0.717, 1.165) is 11.1 Å². The number of ketones is 1. The second-order valence-electron chi connectivity index (χ2n) is 4.90. The molecule has 2 aromatic carbocycles. The zero-order chi connectivity index (χ0) is 14.7. The molecule has 0 amide bonds. The lowest BCUT2D eigenvalue weighted by Crippen LogP contribution is -2.37. The Kier molecular flexibility index (Phi) is 5.28. The van der Waals surface area contributed by atoms with Gasteiger partial charge < -0.3 is 4.74 Å². The topological polar surface area (TPSA) is 30.2 Å². The number of hydrogen-bond donors (Lipinski definition) is 0. The van der Waals surface area contributed by atoms with Crippen molar-refractivity contribution < 1.29 is 14.1 Å². The minimum absolute atomic E-state index is 0. The maximum Gasteiger partial charge on any atom is 0.227 e. The fourth-order valence-corrected chi connectivity index (χ4v) is 2.31. The van der Waals surface area contributed by atoms with Crippen molar-refractivity contribution in [1.29, 1.82) is 0 Å². The number of halogens is 1. The fourth-order valence-electron chi connectivity index (χ4n) is 2.31. The molecule has 0 radical (unpaired) electrons. The molecule has 0 aliphatic carbocycles. The summed E-state index contributed by atoms with van der Waals surface area (Å²) in [4.78, 5) is 12.3. The molecule has 0 unspecified atom stereocenters. The number of carbonyl (C=O) groups excluding carboxylic acids is 1. The Morgan fingerprint density at radius 3 is 2.36 bits per heavy atom. The largest absolute Gasteiger partial charge is 0.497 e. The van der Waals surface area contributed by atoms with Crippen LogP contribution in [-0.2, 0) is 6.54 Å². The van der Waals surface area contributed by atoms with Crippen LogP contribution in [-0.4, -0.2) is 12.9 Å². The highest BCUT2D eigenvalue weighted by Gasteiger charge is 2.12. The second kappa shape index (κ2) is 7.18. The van der Waals surface area contributed by atoms with E-state index in [1.54, 1.807) is 31.4 Å². The number of hydrogen-bond acceptors (Lipinski definition) is 2. The Bertz CT molecular complexity index is 784. The lowest BCUT2D eigenvalue weighted by molar-refractivity contribution is -0.681. The van der Waals surface area contributed by atoms with E-state index < -0.39 is 0 Å². The highest BCUT2D eigenvalue weighted by molar-refractivity contribution is 8.93.